The number of nitrogens with two attached hydrogens (primary N) is 1. The first-order valence-electron chi connectivity index (χ1n) is 9.13. The van der Waals surface area contributed by atoms with Crippen molar-refractivity contribution in [1.82, 2.24) is 9.80 Å². The van der Waals surface area contributed by atoms with E-state index < -0.39 is 22.8 Å². The maximum Gasteiger partial charge on any atom is 0.327 e. The van der Waals surface area contributed by atoms with E-state index in [0.29, 0.717) is 0 Å². The number of amides is 1. The molecule has 9 heteroatoms. The fraction of sp³-hybridized carbons (Fsp3) is 0.824. The number of carboxylic acid groups (broad SMARTS) is 1. The number of aliphatic imine (C=N–C) groups is 1. The highest BCUT2D eigenvalue weighted by atomic mass is 32.2. The van der Waals surface area contributed by atoms with Gasteiger partial charge in [-0.2, -0.15) is 11.8 Å². The molecule has 146 valence electrons. The Hall–Kier alpha value is -0.930. The number of carbonyl (C=O) groups excluding carboxylic acids is 1. The van der Waals surface area contributed by atoms with Crippen LogP contribution >= 0.6 is 23.5 Å². The van der Waals surface area contributed by atoms with Crippen molar-refractivity contribution in [3.05, 3.63) is 0 Å². The molecule has 0 bridgehead atoms. The second-order valence-corrected chi connectivity index (χ2v) is 10.6. The molecule has 3 fully saturated rings. The van der Waals surface area contributed by atoms with E-state index in [4.69, 9.17) is 5.73 Å². The largest absolute Gasteiger partial charge is 0.480 e. The van der Waals surface area contributed by atoms with Crippen molar-refractivity contribution < 1.29 is 14.7 Å². The summed E-state index contributed by atoms with van der Waals surface area (Å²) < 4.78 is -0.490. The monoisotopic (exact) mass is 400 g/mol. The SMILES string of the molecule is CC1(C)S[C@@H]2[C@H](N=CN3CCC(CSCCN)CC3)C(=O)N2[C@H]1C(=O)O. The number of hydrogen-bond donors (Lipinski definition) is 2. The van der Waals surface area contributed by atoms with Gasteiger partial charge in [-0.05, 0) is 38.4 Å². The van der Waals surface area contributed by atoms with Crippen LogP contribution in [0.25, 0.3) is 0 Å². The molecule has 3 heterocycles. The molecular weight excluding hydrogens is 372 g/mol. The third-order valence-electron chi connectivity index (χ3n) is 5.30. The lowest BCUT2D eigenvalue weighted by atomic mass is 9.96. The van der Waals surface area contributed by atoms with Gasteiger partial charge in [-0.3, -0.25) is 9.79 Å². The minimum Gasteiger partial charge on any atom is -0.480 e. The molecule has 0 aromatic rings. The first kappa shape index (κ1) is 19.8. The first-order valence-corrected chi connectivity index (χ1v) is 11.2. The molecule has 3 aliphatic heterocycles. The van der Waals surface area contributed by atoms with Crippen molar-refractivity contribution >= 4 is 41.7 Å². The minimum absolute atomic E-state index is 0.153. The summed E-state index contributed by atoms with van der Waals surface area (Å²) in [5.74, 6) is 1.83. The van der Waals surface area contributed by atoms with Crippen LogP contribution in [0.4, 0.5) is 0 Å². The molecule has 3 saturated heterocycles. The molecule has 0 aromatic carbocycles. The zero-order valence-corrected chi connectivity index (χ0v) is 17.0. The molecule has 1 amide bonds. The summed E-state index contributed by atoms with van der Waals surface area (Å²) in [5.41, 5.74) is 5.53. The predicted octanol–water partition coefficient (Wildman–Crippen LogP) is 0.934. The van der Waals surface area contributed by atoms with Crippen molar-refractivity contribution in [2.24, 2.45) is 16.6 Å². The molecule has 0 aromatic heterocycles. The lowest BCUT2D eigenvalue weighted by Gasteiger charge is -2.41. The predicted molar refractivity (Wildman–Crippen MR) is 107 cm³/mol. The minimum atomic E-state index is -0.935. The highest BCUT2D eigenvalue weighted by Gasteiger charge is 2.63. The summed E-state index contributed by atoms with van der Waals surface area (Å²) in [7, 11) is 0. The molecule has 3 aliphatic rings. The Kier molecular flexibility index (Phi) is 6.08. The van der Waals surface area contributed by atoms with Gasteiger partial charge in [-0.1, -0.05) is 0 Å². The van der Waals surface area contributed by atoms with Crippen molar-refractivity contribution in [1.29, 1.82) is 0 Å². The lowest BCUT2D eigenvalue weighted by molar-refractivity contribution is -0.158. The fourth-order valence-electron chi connectivity index (χ4n) is 3.86. The van der Waals surface area contributed by atoms with E-state index in [1.54, 1.807) is 11.8 Å². The molecule has 0 unspecified atom stereocenters. The van der Waals surface area contributed by atoms with Crippen LogP contribution in [0.15, 0.2) is 4.99 Å². The van der Waals surface area contributed by atoms with Crippen molar-refractivity contribution in [2.45, 2.75) is 48.9 Å². The molecule has 0 aliphatic carbocycles. The number of thioether (sulfide) groups is 2. The summed E-state index contributed by atoms with van der Waals surface area (Å²) in [4.78, 5) is 32.1. The number of piperidine rings is 1. The quantitative estimate of drug-likeness (QED) is 0.284. The van der Waals surface area contributed by atoms with Gasteiger partial charge in [0.25, 0.3) is 5.91 Å². The van der Waals surface area contributed by atoms with Crippen LogP contribution in [0.2, 0.25) is 0 Å². The number of carboxylic acids is 1. The number of nitrogens with zero attached hydrogens (tertiary/aromatic N) is 3. The van der Waals surface area contributed by atoms with Gasteiger partial charge in [0.15, 0.2) is 6.04 Å². The summed E-state index contributed by atoms with van der Waals surface area (Å²) in [6.45, 7) is 6.43. The van der Waals surface area contributed by atoms with E-state index in [-0.39, 0.29) is 11.3 Å². The van der Waals surface area contributed by atoms with E-state index in [1.165, 1.54) is 10.7 Å². The topological polar surface area (TPSA) is 99.2 Å². The molecule has 3 N–H and O–H groups in total. The second kappa shape index (κ2) is 7.98. The Labute approximate surface area is 163 Å². The molecule has 26 heavy (non-hydrogen) atoms. The lowest BCUT2D eigenvalue weighted by Crippen LogP contribution is -2.65. The van der Waals surface area contributed by atoms with Crippen LogP contribution in [0.5, 0.6) is 0 Å². The van der Waals surface area contributed by atoms with Gasteiger partial charge < -0.3 is 20.6 Å². The first-order chi connectivity index (χ1) is 12.3. The number of carbonyl (C=O) groups is 2. The summed E-state index contributed by atoms with van der Waals surface area (Å²) in [6, 6.07) is -1.21. The number of rotatable bonds is 7. The number of hydrogen-bond acceptors (Lipinski definition) is 6. The van der Waals surface area contributed by atoms with Gasteiger partial charge in [0.2, 0.25) is 0 Å². The average molecular weight is 401 g/mol. The second-order valence-electron chi connectivity index (χ2n) is 7.65. The third-order valence-corrected chi connectivity index (χ3v) is 8.09. The number of β-lactam (4-membered cyclic amide) rings is 1. The van der Waals surface area contributed by atoms with E-state index in [9.17, 15) is 14.7 Å². The fourth-order valence-corrected chi connectivity index (χ4v) is 6.48. The Morgan fingerprint density at radius 1 is 1.46 bits per heavy atom. The average Bonchev–Trinajstić information content (AvgIpc) is 2.85. The van der Waals surface area contributed by atoms with Gasteiger partial charge in [-0.15, -0.1) is 11.8 Å². The maximum atomic E-state index is 12.4. The number of fused-ring (bicyclic) bond motifs is 1. The van der Waals surface area contributed by atoms with E-state index in [2.05, 4.69) is 9.89 Å². The summed E-state index contributed by atoms with van der Waals surface area (Å²) >= 11 is 3.47. The molecule has 0 radical (unpaired) electrons. The number of aliphatic carboxylic acids is 1. The smallest absolute Gasteiger partial charge is 0.327 e. The van der Waals surface area contributed by atoms with Gasteiger partial charge in [0.1, 0.15) is 11.4 Å². The van der Waals surface area contributed by atoms with Gasteiger partial charge >= 0.3 is 5.97 Å². The molecule has 0 spiro atoms. The van der Waals surface area contributed by atoms with E-state index in [1.807, 2.05) is 31.9 Å². The normalized spacial score (nSPS) is 31.3. The zero-order chi connectivity index (χ0) is 18.9. The van der Waals surface area contributed by atoms with Crippen LogP contribution in [-0.2, 0) is 9.59 Å². The summed E-state index contributed by atoms with van der Waals surface area (Å²) in [5, 5.41) is 9.30. The van der Waals surface area contributed by atoms with Crippen molar-refractivity contribution in [2.75, 3.05) is 31.1 Å². The molecule has 7 nitrogen and oxygen atoms in total. The van der Waals surface area contributed by atoms with E-state index >= 15 is 0 Å². The Balaban J connectivity index is 1.50. The Bertz CT molecular complexity index is 578. The van der Waals surface area contributed by atoms with Crippen molar-refractivity contribution in [3.63, 3.8) is 0 Å². The van der Waals surface area contributed by atoms with Crippen LogP contribution < -0.4 is 5.73 Å². The Morgan fingerprint density at radius 3 is 2.77 bits per heavy atom. The molecular formula is C17H28N4O3S2. The molecule has 3 atom stereocenters. The zero-order valence-electron chi connectivity index (χ0n) is 15.3. The number of likely N-dealkylation sites (tertiary alicyclic amines) is 1. The highest BCUT2D eigenvalue weighted by molar-refractivity contribution is 8.01. The highest BCUT2D eigenvalue weighted by Crippen LogP contribution is 2.51. The third kappa shape index (κ3) is 3.84. The van der Waals surface area contributed by atoms with E-state index in [0.717, 1.165) is 44.1 Å². The van der Waals surface area contributed by atoms with Crippen LogP contribution in [0.1, 0.15) is 26.7 Å². The van der Waals surface area contributed by atoms with Gasteiger partial charge in [-0.25, -0.2) is 4.79 Å². The standard InChI is InChI=1S/C17H28N4O3S2/c1-17(2)13(16(23)24)21-14(22)12(15(21)26-17)19-10-20-6-3-11(4-7-20)9-25-8-5-18/h10-13,15H,3-9,18H2,1-2H3,(H,23,24)/t12-,13+,15-/m1/s1. The van der Waals surface area contributed by atoms with Gasteiger partial charge in [0.05, 0.1) is 6.34 Å². The Morgan fingerprint density at radius 2 is 2.15 bits per heavy atom. The molecule has 3 rings (SSSR count). The maximum absolute atomic E-state index is 12.4. The van der Waals surface area contributed by atoms with Crippen LogP contribution in [0, 0.1) is 5.92 Å². The summed E-state index contributed by atoms with van der Waals surface area (Å²) in [6.07, 6.45) is 4.09. The molecule has 0 saturated carbocycles. The van der Waals surface area contributed by atoms with Crippen LogP contribution in [-0.4, -0.2) is 86.5 Å². The van der Waals surface area contributed by atoms with Gasteiger partial charge in [0, 0.05) is 30.1 Å². The van der Waals surface area contributed by atoms with Crippen molar-refractivity contribution in [3.8, 4) is 0 Å². The van der Waals surface area contributed by atoms with Crippen LogP contribution in [0.3, 0.4) is 0 Å².